The lowest BCUT2D eigenvalue weighted by Crippen LogP contribution is -2.32. The number of carbonyl (C=O) groups is 2. The Labute approximate surface area is 205 Å². The number of non-ortho nitro benzene ring substituents is 1. The van der Waals surface area contributed by atoms with Gasteiger partial charge in [-0.05, 0) is 35.9 Å². The van der Waals surface area contributed by atoms with Crippen molar-refractivity contribution in [2.75, 3.05) is 14.2 Å². The number of hydrazone groups is 1. The summed E-state index contributed by atoms with van der Waals surface area (Å²) >= 11 is 0. The summed E-state index contributed by atoms with van der Waals surface area (Å²) in [5.41, 5.74) is 2.42. The number of hydrogen-bond acceptors (Lipinski definition) is 8. The van der Waals surface area contributed by atoms with E-state index in [-0.39, 0.29) is 16.9 Å². The van der Waals surface area contributed by atoms with Gasteiger partial charge in [0.1, 0.15) is 17.2 Å². The van der Waals surface area contributed by atoms with Crippen molar-refractivity contribution in [3.05, 3.63) is 99.2 Å². The van der Waals surface area contributed by atoms with Crippen molar-refractivity contribution in [3.8, 4) is 17.2 Å². The number of hydrogen-bond donors (Lipinski definition) is 2. The fourth-order valence-corrected chi connectivity index (χ4v) is 3.01. The molecule has 0 heterocycles. The van der Waals surface area contributed by atoms with Gasteiger partial charge in [-0.2, -0.15) is 5.10 Å². The summed E-state index contributed by atoms with van der Waals surface area (Å²) < 4.78 is 10.5. The third-order valence-corrected chi connectivity index (χ3v) is 4.84. The van der Waals surface area contributed by atoms with Gasteiger partial charge in [0.2, 0.25) is 0 Å². The highest BCUT2D eigenvalue weighted by Gasteiger charge is 2.16. The standard InChI is InChI=1S/C25H22N4O7/c1-35-20-10-8-17(23(14-20)36-2)13-21(27-24(31)16-6-4-3-5-7-16)25(32)28-26-15-18-12-19(29(33)34)9-11-22(18)30/h3-15,30H,1-2H3,(H,27,31)(H,28,32)/p-1/b21-13+,26-15-. The lowest BCUT2D eigenvalue weighted by Gasteiger charge is -2.12. The summed E-state index contributed by atoms with van der Waals surface area (Å²) in [6.45, 7) is 0. The summed E-state index contributed by atoms with van der Waals surface area (Å²) in [5.74, 6) is -0.974. The van der Waals surface area contributed by atoms with E-state index < -0.39 is 22.5 Å². The summed E-state index contributed by atoms with van der Waals surface area (Å²) in [6.07, 6.45) is 2.37. The van der Waals surface area contributed by atoms with Gasteiger partial charge in [-0.3, -0.25) is 19.7 Å². The first kappa shape index (κ1) is 25.4. The van der Waals surface area contributed by atoms with E-state index in [1.165, 1.54) is 20.3 Å². The van der Waals surface area contributed by atoms with Crippen molar-refractivity contribution in [2.24, 2.45) is 5.10 Å². The van der Waals surface area contributed by atoms with Gasteiger partial charge in [-0.1, -0.05) is 30.0 Å². The smallest absolute Gasteiger partial charge is 0.287 e. The van der Waals surface area contributed by atoms with Crippen LogP contribution < -0.4 is 25.3 Å². The summed E-state index contributed by atoms with van der Waals surface area (Å²) in [7, 11) is 2.94. The molecular formula is C25H21N4O7-. The minimum atomic E-state index is -0.814. The number of nitro benzene ring substituents is 1. The van der Waals surface area contributed by atoms with Gasteiger partial charge in [0.15, 0.2) is 0 Å². The van der Waals surface area contributed by atoms with Crippen molar-refractivity contribution in [1.29, 1.82) is 0 Å². The Balaban J connectivity index is 1.90. The van der Waals surface area contributed by atoms with E-state index in [1.54, 1.807) is 48.5 Å². The SMILES string of the molecule is COc1ccc(/C=C(/NC(=O)c2ccccc2)C(=O)N/N=C\c2cc([N+](=O)[O-])ccc2[O-])c(OC)c1. The monoisotopic (exact) mass is 489 g/mol. The Morgan fingerprint density at radius 2 is 1.72 bits per heavy atom. The zero-order valence-corrected chi connectivity index (χ0v) is 19.3. The highest BCUT2D eigenvalue weighted by Crippen LogP contribution is 2.26. The molecule has 0 fully saturated rings. The summed E-state index contributed by atoms with van der Waals surface area (Å²) in [6, 6.07) is 16.3. The fraction of sp³-hybridized carbons (Fsp3) is 0.0800. The number of amides is 2. The molecule has 36 heavy (non-hydrogen) atoms. The van der Waals surface area contributed by atoms with Crippen LogP contribution >= 0.6 is 0 Å². The molecule has 0 aliphatic rings. The van der Waals surface area contributed by atoms with E-state index in [1.807, 2.05) is 0 Å². The van der Waals surface area contributed by atoms with Crippen LogP contribution in [0.4, 0.5) is 5.69 Å². The van der Waals surface area contributed by atoms with Crippen LogP contribution in [-0.2, 0) is 4.79 Å². The molecular weight excluding hydrogens is 468 g/mol. The molecule has 0 atom stereocenters. The predicted molar refractivity (Wildman–Crippen MR) is 130 cm³/mol. The van der Waals surface area contributed by atoms with Crippen LogP contribution in [0.3, 0.4) is 0 Å². The number of methoxy groups -OCH3 is 2. The lowest BCUT2D eigenvalue weighted by molar-refractivity contribution is -0.385. The zero-order valence-electron chi connectivity index (χ0n) is 19.3. The van der Waals surface area contributed by atoms with Gasteiger partial charge >= 0.3 is 0 Å². The van der Waals surface area contributed by atoms with E-state index in [0.717, 1.165) is 24.4 Å². The number of nitro groups is 1. The highest BCUT2D eigenvalue weighted by atomic mass is 16.6. The summed E-state index contributed by atoms with van der Waals surface area (Å²) in [5, 5.41) is 29.2. The quantitative estimate of drug-likeness (QED) is 0.203. The van der Waals surface area contributed by atoms with E-state index in [2.05, 4.69) is 15.8 Å². The molecule has 0 saturated carbocycles. The average molecular weight is 489 g/mol. The first-order valence-corrected chi connectivity index (χ1v) is 10.4. The maximum Gasteiger partial charge on any atom is 0.287 e. The predicted octanol–water partition coefficient (Wildman–Crippen LogP) is 2.61. The Morgan fingerprint density at radius 3 is 2.39 bits per heavy atom. The molecule has 0 saturated heterocycles. The Morgan fingerprint density at radius 1 is 0.972 bits per heavy atom. The van der Waals surface area contributed by atoms with Crippen LogP contribution in [0.2, 0.25) is 0 Å². The molecule has 0 aromatic heterocycles. The van der Waals surface area contributed by atoms with Crippen molar-refractivity contribution in [2.45, 2.75) is 0 Å². The number of benzene rings is 3. The van der Waals surface area contributed by atoms with Crippen molar-refractivity contribution >= 4 is 29.8 Å². The third kappa shape index (κ3) is 6.44. The van der Waals surface area contributed by atoms with Gasteiger partial charge in [0, 0.05) is 29.3 Å². The molecule has 2 amide bonds. The number of nitrogens with one attached hydrogen (secondary N) is 2. The van der Waals surface area contributed by atoms with E-state index in [4.69, 9.17) is 9.47 Å². The minimum absolute atomic E-state index is 0.0971. The first-order chi connectivity index (χ1) is 17.3. The third-order valence-electron chi connectivity index (χ3n) is 4.84. The second-order valence-corrected chi connectivity index (χ2v) is 7.16. The molecule has 0 unspecified atom stereocenters. The largest absolute Gasteiger partial charge is 0.872 e. The molecule has 0 radical (unpaired) electrons. The highest BCUT2D eigenvalue weighted by molar-refractivity contribution is 6.05. The first-order valence-electron chi connectivity index (χ1n) is 10.4. The number of carbonyl (C=O) groups excluding carboxylic acids is 2. The number of ether oxygens (including phenoxy) is 2. The van der Waals surface area contributed by atoms with Crippen molar-refractivity contribution in [1.82, 2.24) is 10.7 Å². The molecule has 2 N–H and O–H groups in total. The number of rotatable bonds is 9. The van der Waals surface area contributed by atoms with Crippen LogP contribution in [0.1, 0.15) is 21.5 Å². The van der Waals surface area contributed by atoms with E-state index >= 15 is 0 Å². The second-order valence-electron chi connectivity index (χ2n) is 7.16. The Kier molecular flexibility index (Phi) is 8.33. The van der Waals surface area contributed by atoms with Crippen molar-refractivity contribution < 1.29 is 29.1 Å². The van der Waals surface area contributed by atoms with Gasteiger partial charge in [0.05, 0.1) is 25.4 Å². The molecule has 11 heteroatoms. The van der Waals surface area contributed by atoms with Crippen LogP contribution in [0.25, 0.3) is 6.08 Å². The van der Waals surface area contributed by atoms with E-state index in [9.17, 15) is 24.8 Å². The molecule has 0 aliphatic heterocycles. The maximum atomic E-state index is 12.9. The molecule has 3 aromatic carbocycles. The maximum absolute atomic E-state index is 12.9. The van der Waals surface area contributed by atoms with Crippen molar-refractivity contribution in [3.63, 3.8) is 0 Å². The lowest BCUT2D eigenvalue weighted by atomic mass is 10.1. The molecule has 11 nitrogen and oxygen atoms in total. The fourth-order valence-electron chi connectivity index (χ4n) is 3.01. The van der Waals surface area contributed by atoms with Crippen LogP contribution in [0, 0.1) is 10.1 Å². The molecule has 3 aromatic rings. The summed E-state index contributed by atoms with van der Waals surface area (Å²) in [4.78, 5) is 35.9. The van der Waals surface area contributed by atoms with Crippen LogP contribution in [0.15, 0.2) is 77.5 Å². The van der Waals surface area contributed by atoms with Gasteiger partial charge in [-0.25, -0.2) is 5.43 Å². The molecule has 184 valence electrons. The average Bonchev–Trinajstić information content (AvgIpc) is 2.89. The van der Waals surface area contributed by atoms with Crippen LogP contribution in [-0.4, -0.2) is 37.2 Å². The zero-order chi connectivity index (χ0) is 26.1. The molecule has 3 rings (SSSR count). The normalized spacial score (nSPS) is 11.1. The van der Waals surface area contributed by atoms with Gasteiger partial charge in [-0.15, -0.1) is 0 Å². The minimum Gasteiger partial charge on any atom is -0.872 e. The van der Waals surface area contributed by atoms with E-state index in [0.29, 0.717) is 22.6 Å². The molecule has 0 spiro atoms. The molecule has 0 aliphatic carbocycles. The molecule has 0 bridgehead atoms. The Hall–Kier alpha value is -5.19. The Bertz CT molecular complexity index is 1340. The van der Waals surface area contributed by atoms with Crippen LogP contribution in [0.5, 0.6) is 17.2 Å². The van der Waals surface area contributed by atoms with Gasteiger partial charge < -0.3 is 19.9 Å². The topological polar surface area (TPSA) is 155 Å². The van der Waals surface area contributed by atoms with Gasteiger partial charge in [0.25, 0.3) is 17.5 Å². The second kappa shape index (κ2) is 11.8. The number of nitrogens with zero attached hydrogens (tertiary/aromatic N) is 2.